The maximum absolute atomic E-state index is 12.5. The molecule has 0 aromatic heterocycles. The molecule has 0 spiro atoms. The Labute approximate surface area is 201 Å². The lowest BCUT2D eigenvalue weighted by Crippen LogP contribution is -2.27. The number of hydrogen-bond acceptors (Lipinski definition) is 7. The molecule has 0 unspecified atom stereocenters. The van der Waals surface area contributed by atoms with E-state index < -0.39 is 23.4 Å². The molecule has 178 valence electrons. The first-order valence-electron chi connectivity index (χ1n) is 10.9. The predicted octanol–water partition coefficient (Wildman–Crippen LogP) is 4.47. The zero-order valence-corrected chi connectivity index (χ0v) is 18.9. The van der Waals surface area contributed by atoms with Crippen LogP contribution in [-0.4, -0.2) is 35.7 Å². The molecule has 1 amide bonds. The van der Waals surface area contributed by atoms with Gasteiger partial charge in [0.2, 0.25) is 5.91 Å². The minimum Gasteiger partial charge on any atom is -0.457 e. The van der Waals surface area contributed by atoms with Gasteiger partial charge in [0.05, 0.1) is 10.8 Å². The fourth-order valence-corrected chi connectivity index (χ4v) is 3.66. The van der Waals surface area contributed by atoms with Crippen molar-refractivity contribution in [3.63, 3.8) is 0 Å². The Morgan fingerprint density at radius 3 is 2.17 bits per heavy atom. The molecule has 1 heterocycles. The number of ketones is 1. The van der Waals surface area contributed by atoms with Gasteiger partial charge >= 0.3 is 5.97 Å². The number of aryl methyl sites for hydroxylation is 1. The summed E-state index contributed by atoms with van der Waals surface area (Å²) in [7, 11) is 0. The minimum atomic E-state index is -0.630. The molecule has 0 bridgehead atoms. The fraction of sp³-hybridized carbons (Fsp3) is 0.192. The van der Waals surface area contributed by atoms with Crippen molar-refractivity contribution in [2.75, 3.05) is 18.1 Å². The molecule has 9 heteroatoms. The predicted molar refractivity (Wildman–Crippen MR) is 127 cm³/mol. The lowest BCUT2D eigenvalue weighted by atomic mass is 10.1. The molecule has 1 aliphatic heterocycles. The summed E-state index contributed by atoms with van der Waals surface area (Å²) in [6.07, 6.45) is 0.0373. The summed E-state index contributed by atoms with van der Waals surface area (Å²) in [5.74, 6) is -0.915. The molecule has 1 fully saturated rings. The SMILES string of the molecule is Cc1ccc(N2C[C@H](C(=O)OCC(=O)c3ccc(Oc4ccc([N+](=O)[O-])cc4)cc3)CC2=O)cc1. The summed E-state index contributed by atoms with van der Waals surface area (Å²) in [6.45, 7) is 1.73. The van der Waals surface area contributed by atoms with Gasteiger partial charge in [0.25, 0.3) is 5.69 Å². The van der Waals surface area contributed by atoms with Crippen LogP contribution in [0.15, 0.2) is 72.8 Å². The van der Waals surface area contributed by atoms with Crippen molar-refractivity contribution in [1.29, 1.82) is 0 Å². The van der Waals surface area contributed by atoms with Crippen LogP contribution in [0.1, 0.15) is 22.3 Å². The smallest absolute Gasteiger partial charge is 0.311 e. The summed E-state index contributed by atoms with van der Waals surface area (Å²) in [5.41, 5.74) is 2.08. The second-order valence-corrected chi connectivity index (χ2v) is 8.15. The van der Waals surface area contributed by atoms with E-state index in [1.807, 2.05) is 31.2 Å². The highest BCUT2D eigenvalue weighted by molar-refractivity contribution is 6.01. The van der Waals surface area contributed by atoms with Crippen LogP contribution in [0.25, 0.3) is 0 Å². The quantitative estimate of drug-likeness (QED) is 0.205. The highest BCUT2D eigenvalue weighted by Gasteiger charge is 2.36. The molecule has 0 saturated carbocycles. The number of benzene rings is 3. The van der Waals surface area contributed by atoms with E-state index >= 15 is 0 Å². The molecular formula is C26H22N2O7. The first-order valence-corrected chi connectivity index (χ1v) is 10.9. The average molecular weight is 474 g/mol. The summed E-state index contributed by atoms with van der Waals surface area (Å²) in [6, 6.07) is 19.3. The van der Waals surface area contributed by atoms with Crippen LogP contribution in [0.5, 0.6) is 11.5 Å². The Balaban J connectivity index is 1.28. The molecule has 0 radical (unpaired) electrons. The van der Waals surface area contributed by atoms with Crippen molar-refractivity contribution in [3.8, 4) is 11.5 Å². The molecule has 1 atom stereocenters. The van der Waals surface area contributed by atoms with E-state index in [2.05, 4.69) is 0 Å². The second kappa shape index (κ2) is 10.2. The maximum Gasteiger partial charge on any atom is 0.311 e. The molecular weight excluding hydrogens is 452 g/mol. The number of amides is 1. The Bertz CT molecular complexity index is 1250. The lowest BCUT2D eigenvalue weighted by molar-refractivity contribution is -0.384. The standard InChI is InChI=1S/C26H22N2O7/c1-17-2-6-20(7-3-17)27-15-19(14-25(27)30)26(31)34-16-24(29)18-4-10-22(11-5-18)35-23-12-8-21(9-13-23)28(32)33/h2-13,19H,14-16H2,1H3/t19-/m1/s1. The number of carbonyl (C=O) groups is 3. The number of ether oxygens (including phenoxy) is 2. The van der Waals surface area contributed by atoms with Crippen molar-refractivity contribution in [2.24, 2.45) is 5.92 Å². The van der Waals surface area contributed by atoms with Crippen molar-refractivity contribution < 1.29 is 28.8 Å². The first-order chi connectivity index (χ1) is 16.8. The van der Waals surface area contributed by atoms with Crippen molar-refractivity contribution in [1.82, 2.24) is 0 Å². The van der Waals surface area contributed by atoms with E-state index in [4.69, 9.17) is 9.47 Å². The van der Waals surface area contributed by atoms with Crippen molar-refractivity contribution in [3.05, 3.63) is 94.0 Å². The van der Waals surface area contributed by atoms with Gasteiger partial charge in [0, 0.05) is 36.3 Å². The van der Waals surface area contributed by atoms with E-state index in [-0.39, 0.29) is 30.3 Å². The van der Waals surface area contributed by atoms with Gasteiger partial charge in [-0.1, -0.05) is 17.7 Å². The molecule has 9 nitrogen and oxygen atoms in total. The van der Waals surface area contributed by atoms with E-state index in [1.54, 1.807) is 17.0 Å². The molecule has 1 saturated heterocycles. The van der Waals surface area contributed by atoms with Crippen molar-refractivity contribution in [2.45, 2.75) is 13.3 Å². The van der Waals surface area contributed by atoms with Gasteiger partial charge in [-0.05, 0) is 55.5 Å². The van der Waals surface area contributed by atoms with Gasteiger partial charge in [-0.15, -0.1) is 0 Å². The normalized spacial score (nSPS) is 15.1. The molecule has 0 N–H and O–H groups in total. The van der Waals surface area contributed by atoms with E-state index in [0.717, 1.165) is 11.3 Å². The Morgan fingerprint density at radius 2 is 1.57 bits per heavy atom. The summed E-state index contributed by atoms with van der Waals surface area (Å²) in [5, 5.41) is 10.7. The highest BCUT2D eigenvalue weighted by atomic mass is 16.6. The number of non-ortho nitro benzene ring substituents is 1. The highest BCUT2D eigenvalue weighted by Crippen LogP contribution is 2.27. The van der Waals surface area contributed by atoms with Gasteiger partial charge in [0.1, 0.15) is 11.5 Å². The fourth-order valence-electron chi connectivity index (χ4n) is 3.66. The molecule has 3 aromatic rings. The summed E-state index contributed by atoms with van der Waals surface area (Å²) in [4.78, 5) is 49.1. The number of nitro groups is 1. The number of Topliss-reactive ketones (excluding diaryl/α,β-unsaturated/α-hetero) is 1. The van der Waals surface area contributed by atoms with E-state index in [9.17, 15) is 24.5 Å². The van der Waals surface area contributed by atoms with E-state index in [0.29, 0.717) is 17.1 Å². The van der Waals surface area contributed by atoms with E-state index in [1.165, 1.54) is 36.4 Å². The Hall–Kier alpha value is -4.53. The monoisotopic (exact) mass is 474 g/mol. The van der Waals surface area contributed by atoms with Gasteiger partial charge in [-0.25, -0.2) is 0 Å². The van der Waals surface area contributed by atoms with Crippen LogP contribution in [0.2, 0.25) is 0 Å². The molecule has 35 heavy (non-hydrogen) atoms. The third-order valence-corrected chi connectivity index (χ3v) is 5.61. The number of rotatable bonds is 8. The lowest BCUT2D eigenvalue weighted by Gasteiger charge is -2.16. The van der Waals surface area contributed by atoms with Gasteiger partial charge in [-0.3, -0.25) is 24.5 Å². The number of esters is 1. The number of anilines is 1. The number of carbonyl (C=O) groups excluding carboxylic acids is 3. The van der Waals surface area contributed by atoms with Crippen LogP contribution in [0.3, 0.4) is 0 Å². The minimum absolute atomic E-state index is 0.0373. The maximum atomic E-state index is 12.5. The number of nitro benzene ring substituents is 1. The third kappa shape index (κ3) is 5.70. The second-order valence-electron chi connectivity index (χ2n) is 8.15. The zero-order valence-electron chi connectivity index (χ0n) is 18.9. The molecule has 1 aliphatic rings. The average Bonchev–Trinajstić information content (AvgIpc) is 3.25. The van der Waals surface area contributed by atoms with Crippen molar-refractivity contribution >= 4 is 29.0 Å². The van der Waals surface area contributed by atoms with Crippen LogP contribution in [-0.2, 0) is 14.3 Å². The van der Waals surface area contributed by atoms with Crippen LogP contribution in [0, 0.1) is 23.0 Å². The molecule has 3 aromatic carbocycles. The zero-order chi connectivity index (χ0) is 24.9. The van der Waals surface area contributed by atoms with Gasteiger partial charge in [0.15, 0.2) is 12.4 Å². The van der Waals surface area contributed by atoms with Crippen LogP contribution >= 0.6 is 0 Å². The van der Waals surface area contributed by atoms with Crippen LogP contribution in [0.4, 0.5) is 11.4 Å². The molecule has 4 rings (SSSR count). The van der Waals surface area contributed by atoms with Crippen LogP contribution < -0.4 is 9.64 Å². The first kappa shape index (κ1) is 23.6. The topological polar surface area (TPSA) is 116 Å². The summed E-state index contributed by atoms with van der Waals surface area (Å²) < 4.78 is 10.8. The van der Waals surface area contributed by atoms with Gasteiger partial charge in [-0.2, -0.15) is 0 Å². The Morgan fingerprint density at radius 1 is 0.971 bits per heavy atom. The number of hydrogen-bond donors (Lipinski definition) is 0. The number of nitrogens with zero attached hydrogens (tertiary/aromatic N) is 2. The molecule has 0 aliphatic carbocycles. The largest absolute Gasteiger partial charge is 0.457 e. The Kier molecular flexibility index (Phi) is 6.86. The van der Waals surface area contributed by atoms with Gasteiger partial charge < -0.3 is 14.4 Å². The third-order valence-electron chi connectivity index (χ3n) is 5.61. The summed E-state index contributed by atoms with van der Waals surface area (Å²) >= 11 is 0.